The SMILES string of the molecule is CC(C)(C)OC(=O)NCCNc1nc(NC[C@H]2CC[C@H](CNS(=O)(=O)c3ccc4ccccc4c3)CC2)nc2ccccc12. The highest BCUT2D eigenvalue weighted by molar-refractivity contribution is 7.89. The van der Waals surface area contributed by atoms with Crippen LogP contribution in [0.1, 0.15) is 46.5 Å². The number of aromatic nitrogens is 2. The van der Waals surface area contributed by atoms with Crippen molar-refractivity contribution in [1.29, 1.82) is 0 Å². The van der Waals surface area contributed by atoms with Gasteiger partial charge in [-0.1, -0.05) is 42.5 Å². The number of nitrogens with zero attached hydrogens (tertiary/aromatic N) is 2. The third-order valence-electron chi connectivity index (χ3n) is 7.80. The van der Waals surface area contributed by atoms with E-state index in [4.69, 9.17) is 14.7 Å². The topological polar surface area (TPSA) is 134 Å². The Morgan fingerprint density at radius 1 is 0.841 bits per heavy atom. The van der Waals surface area contributed by atoms with E-state index in [-0.39, 0.29) is 0 Å². The number of carbonyl (C=O) groups is 1. The summed E-state index contributed by atoms with van der Waals surface area (Å²) >= 11 is 0. The van der Waals surface area contributed by atoms with Crippen molar-refractivity contribution in [3.05, 3.63) is 66.7 Å². The summed E-state index contributed by atoms with van der Waals surface area (Å²) in [6.45, 7) is 7.54. The Balaban J connectivity index is 1.10. The summed E-state index contributed by atoms with van der Waals surface area (Å²) in [5.74, 6) is 2.01. The van der Waals surface area contributed by atoms with Gasteiger partial charge in [0.2, 0.25) is 16.0 Å². The van der Waals surface area contributed by atoms with Crippen molar-refractivity contribution in [3.8, 4) is 0 Å². The van der Waals surface area contributed by atoms with Crippen LogP contribution >= 0.6 is 0 Å². The van der Waals surface area contributed by atoms with Crippen LogP contribution in [0.25, 0.3) is 21.7 Å². The van der Waals surface area contributed by atoms with Gasteiger partial charge in [0.1, 0.15) is 11.4 Å². The van der Waals surface area contributed by atoms with Crippen LogP contribution in [0.4, 0.5) is 16.6 Å². The quantitative estimate of drug-likeness (QED) is 0.152. The standard InChI is InChI=1S/C33H42N6O4S/c1-33(2,3)43-32(40)35-19-18-34-30-28-10-6-7-11-29(28)38-31(39-30)36-21-23-12-14-24(15-13-23)22-37-44(41,42)27-17-16-25-8-4-5-9-26(25)20-27/h4-11,16-17,20,23-24,37H,12-15,18-19,21-22H2,1-3H3,(H,35,40)(H2,34,36,38,39)/t23-,24-. The molecule has 44 heavy (non-hydrogen) atoms. The van der Waals surface area contributed by atoms with Crippen LogP contribution in [-0.4, -0.2) is 56.3 Å². The van der Waals surface area contributed by atoms with Crippen LogP contribution in [-0.2, 0) is 14.8 Å². The highest BCUT2D eigenvalue weighted by Crippen LogP contribution is 2.29. The molecule has 0 atom stereocenters. The second kappa shape index (κ2) is 13.8. The fourth-order valence-electron chi connectivity index (χ4n) is 5.47. The summed E-state index contributed by atoms with van der Waals surface area (Å²) in [5, 5.41) is 12.3. The van der Waals surface area contributed by atoms with Crippen molar-refractivity contribution in [2.45, 2.75) is 57.0 Å². The molecule has 10 nitrogen and oxygen atoms in total. The lowest BCUT2D eigenvalue weighted by molar-refractivity contribution is 0.0530. The molecule has 1 heterocycles. The number of hydrogen-bond acceptors (Lipinski definition) is 8. The number of anilines is 2. The van der Waals surface area contributed by atoms with Gasteiger partial charge in [0.15, 0.2) is 0 Å². The zero-order valence-corrected chi connectivity index (χ0v) is 26.4. The molecule has 3 aromatic carbocycles. The summed E-state index contributed by atoms with van der Waals surface area (Å²) < 4.78 is 34.1. The predicted octanol–water partition coefficient (Wildman–Crippen LogP) is 5.92. The number of rotatable bonds is 11. The third kappa shape index (κ3) is 8.57. The summed E-state index contributed by atoms with van der Waals surface area (Å²) in [6, 6.07) is 20.8. The van der Waals surface area contributed by atoms with Gasteiger partial charge in [-0.15, -0.1) is 0 Å². The van der Waals surface area contributed by atoms with Crippen LogP contribution in [0.3, 0.4) is 0 Å². The molecule has 0 spiro atoms. The maximum absolute atomic E-state index is 13.0. The molecule has 0 aliphatic heterocycles. The van der Waals surface area contributed by atoms with Gasteiger partial charge in [0.25, 0.3) is 0 Å². The second-order valence-electron chi connectivity index (χ2n) is 12.4. The monoisotopic (exact) mass is 618 g/mol. The Morgan fingerprint density at radius 2 is 1.52 bits per heavy atom. The average Bonchev–Trinajstić information content (AvgIpc) is 3.00. The van der Waals surface area contributed by atoms with Crippen LogP contribution in [0.2, 0.25) is 0 Å². The smallest absolute Gasteiger partial charge is 0.407 e. The molecule has 1 aliphatic rings. The van der Waals surface area contributed by atoms with E-state index < -0.39 is 21.7 Å². The first-order valence-corrected chi connectivity index (χ1v) is 16.7. The van der Waals surface area contributed by atoms with Crippen molar-refractivity contribution in [2.24, 2.45) is 11.8 Å². The number of sulfonamides is 1. The largest absolute Gasteiger partial charge is 0.444 e. The number of alkyl carbamates (subject to hydrolysis) is 1. The number of para-hydroxylation sites is 1. The van der Waals surface area contributed by atoms with Gasteiger partial charge in [0, 0.05) is 31.6 Å². The number of fused-ring (bicyclic) bond motifs is 2. The normalized spacial score (nSPS) is 17.3. The maximum atomic E-state index is 13.0. The van der Waals surface area contributed by atoms with E-state index in [1.54, 1.807) is 12.1 Å². The Kier molecular flexibility index (Phi) is 9.85. The number of hydrogen-bond donors (Lipinski definition) is 4. The van der Waals surface area contributed by atoms with Gasteiger partial charge in [-0.25, -0.2) is 22.9 Å². The Morgan fingerprint density at radius 3 is 2.27 bits per heavy atom. The zero-order chi connectivity index (χ0) is 31.2. The van der Waals surface area contributed by atoms with E-state index in [1.165, 1.54) is 0 Å². The summed E-state index contributed by atoms with van der Waals surface area (Å²) in [6.07, 6.45) is 3.48. The van der Waals surface area contributed by atoms with E-state index in [1.807, 2.05) is 75.4 Å². The first-order valence-electron chi connectivity index (χ1n) is 15.3. The van der Waals surface area contributed by atoms with Crippen LogP contribution in [0.5, 0.6) is 0 Å². The first kappa shape index (κ1) is 31.5. The third-order valence-corrected chi connectivity index (χ3v) is 9.22. The minimum absolute atomic E-state index is 0.303. The fourth-order valence-corrected chi connectivity index (χ4v) is 6.62. The van der Waals surface area contributed by atoms with E-state index >= 15 is 0 Å². The second-order valence-corrected chi connectivity index (χ2v) is 14.2. The molecule has 11 heteroatoms. The number of benzene rings is 3. The molecule has 1 aromatic heterocycles. The van der Waals surface area contributed by atoms with Crippen LogP contribution < -0.4 is 20.7 Å². The highest BCUT2D eigenvalue weighted by Gasteiger charge is 2.24. The molecule has 0 saturated heterocycles. The number of nitrogens with one attached hydrogen (secondary N) is 4. The molecule has 1 aliphatic carbocycles. The predicted molar refractivity (Wildman–Crippen MR) is 175 cm³/mol. The van der Waals surface area contributed by atoms with Gasteiger partial charge >= 0.3 is 6.09 Å². The van der Waals surface area contributed by atoms with Crippen LogP contribution in [0, 0.1) is 11.8 Å². The van der Waals surface area contributed by atoms with E-state index in [0.717, 1.165) is 53.9 Å². The van der Waals surface area contributed by atoms with Crippen molar-refractivity contribution in [3.63, 3.8) is 0 Å². The fraction of sp³-hybridized carbons (Fsp3) is 0.424. The van der Waals surface area contributed by atoms with Crippen molar-refractivity contribution >= 4 is 49.6 Å². The Hall–Kier alpha value is -3.96. The molecular formula is C33H42N6O4S. The van der Waals surface area contributed by atoms with E-state index in [2.05, 4.69) is 20.7 Å². The molecule has 1 amide bonds. The summed E-state index contributed by atoms with van der Waals surface area (Å²) in [5.41, 5.74) is 0.283. The summed E-state index contributed by atoms with van der Waals surface area (Å²) in [7, 11) is -3.56. The minimum atomic E-state index is -3.56. The zero-order valence-electron chi connectivity index (χ0n) is 25.6. The molecule has 4 aromatic rings. The minimum Gasteiger partial charge on any atom is -0.444 e. The summed E-state index contributed by atoms with van der Waals surface area (Å²) in [4.78, 5) is 21.7. The lowest BCUT2D eigenvalue weighted by Gasteiger charge is -2.28. The molecule has 5 rings (SSSR count). The Bertz CT molecular complexity index is 1700. The lowest BCUT2D eigenvalue weighted by atomic mass is 9.82. The van der Waals surface area contributed by atoms with E-state index in [0.29, 0.717) is 48.1 Å². The number of amides is 1. The van der Waals surface area contributed by atoms with Crippen molar-refractivity contribution in [2.75, 3.05) is 36.8 Å². The molecule has 1 saturated carbocycles. The highest BCUT2D eigenvalue weighted by atomic mass is 32.2. The van der Waals surface area contributed by atoms with Gasteiger partial charge in [0.05, 0.1) is 10.4 Å². The molecule has 0 bridgehead atoms. The molecule has 0 radical (unpaired) electrons. The molecule has 0 unspecified atom stereocenters. The van der Waals surface area contributed by atoms with Crippen molar-refractivity contribution in [1.82, 2.24) is 20.0 Å². The van der Waals surface area contributed by atoms with Crippen LogP contribution in [0.15, 0.2) is 71.6 Å². The van der Waals surface area contributed by atoms with Gasteiger partial charge in [-0.05, 0) is 93.3 Å². The number of ether oxygens (including phenoxy) is 1. The van der Waals surface area contributed by atoms with Crippen molar-refractivity contribution < 1.29 is 17.9 Å². The lowest BCUT2D eigenvalue weighted by Crippen LogP contribution is -2.35. The average molecular weight is 619 g/mol. The molecule has 4 N–H and O–H groups in total. The number of carbonyl (C=O) groups excluding carboxylic acids is 1. The van der Waals surface area contributed by atoms with Gasteiger partial charge < -0.3 is 20.7 Å². The van der Waals surface area contributed by atoms with Gasteiger partial charge in [-0.2, -0.15) is 4.98 Å². The van der Waals surface area contributed by atoms with E-state index in [9.17, 15) is 13.2 Å². The van der Waals surface area contributed by atoms with Gasteiger partial charge in [-0.3, -0.25) is 0 Å². The Labute approximate surface area is 259 Å². The first-order chi connectivity index (χ1) is 21.1. The molecule has 234 valence electrons. The molecule has 1 fully saturated rings. The molecular weight excluding hydrogens is 576 g/mol. The maximum Gasteiger partial charge on any atom is 0.407 e.